The van der Waals surface area contributed by atoms with Crippen LogP contribution in [0, 0.1) is 0 Å². The van der Waals surface area contributed by atoms with Crippen LogP contribution < -0.4 is 0 Å². The van der Waals surface area contributed by atoms with E-state index < -0.39 is 0 Å². The molecular formula is H6CaFeKMgNa. The quantitative estimate of drug-likeness (QED) is 0.353. The summed E-state index contributed by atoms with van der Waals surface area (Å²) in [6, 6.07) is 0. The van der Waals surface area contributed by atoms with Crippen molar-refractivity contribution in [3.8, 4) is 0 Å². The Morgan fingerprint density at radius 2 is 1.00 bits per heavy atom. The van der Waals surface area contributed by atoms with Crippen molar-refractivity contribution >= 4 is 142 Å². The number of hydrogen-bond donors (Lipinski definition) is 0. The van der Waals surface area contributed by atoms with Gasteiger partial charge in [-0.25, -0.2) is 0 Å². The van der Waals surface area contributed by atoms with Crippen molar-refractivity contribution < 1.29 is 17.1 Å². The fourth-order valence-electron chi connectivity index (χ4n) is 0. The van der Waals surface area contributed by atoms with Crippen LogP contribution in [-0.4, -0.2) is 142 Å². The minimum atomic E-state index is 0. The van der Waals surface area contributed by atoms with Crippen molar-refractivity contribution in [1.82, 2.24) is 0 Å². The van der Waals surface area contributed by atoms with Crippen LogP contribution in [0.3, 0.4) is 0 Å². The molecule has 0 aromatic rings. The van der Waals surface area contributed by atoms with Crippen molar-refractivity contribution in [3.05, 3.63) is 0 Å². The Morgan fingerprint density at radius 1 is 1.00 bits per heavy atom. The van der Waals surface area contributed by atoms with E-state index >= 15 is 0 Å². The van der Waals surface area contributed by atoms with Gasteiger partial charge in [0.05, 0.1) is 0 Å². The van der Waals surface area contributed by atoms with Gasteiger partial charge >= 0.3 is 142 Å². The Hall–Kier alpha value is 5.18. The molecule has 0 fully saturated rings. The molecule has 0 saturated heterocycles. The molecule has 0 rings (SSSR count). The predicted octanol–water partition coefficient (Wildman–Crippen LogP) is -3.13. The van der Waals surface area contributed by atoms with Crippen molar-refractivity contribution in [3.63, 3.8) is 0 Å². The van der Waals surface area contributed by atoms with E-state index in [-0.39, 0.29) is 159 Å². The van der Waals surface area contributed by atoms with E-state index in [9.17, 15) is 0 Å². The molecule has 5 heavy (non-hydrogen) atoms. The summed E-state index contributed by atoms with van der Waals surface area (Å²) in [6.45, 7) is 0. The Bertz CT molecular complexity index is 11.6. The zero-order valence-corrected chi connectivity index (χ0v) is 1.46. The van der Waals surface area contributed by atoms with Crippen LogP contribution in [0.4, 0.5) is 0 Å². The van der Waals surface area contributed by atoms with Crippen molar-refractivity contribution in [2.24, 2.45) is 0 Å². The van der Waals surface area contributed by atoms with Gasteiger partial charge in [0.25, 0.3) is 0 Å². The number of rotatable bonds is 0. The Labute approximate surface area is 154 Å². The molecule has 0 nitrogen and oxygen atoms in total. The standard InChI is InChI=1S/Ca.Fe.K.Mg.Na.6H. The van der Waals surface area contributed by atoms with Crippen LogP contribution in [-0.2, 0) is 17.1 Å². The Balaban J connectivity index is 0. The van der Waals surface area contributed by atoms with Gasteiger partial charge in [0.15, 0.2) is 0 Å². The molecule has 5 heteroatoms. The van der Waals surface area contributed by atoms with Crippen LogP contribution in [0.5, 0.6) is 0 Å². The van der Waals surface area contributed by atoms with E-state index in [0.717, 1.165) is 0 Å². The fourth-order valence-corrected chi connectivity index (χ4v) is 0. The predicted molar refractivity (Wildman–Crippen MR) is 31.4 cm³/mol. The van der Waals surface area contributed by atoms with Crippen molar-refractivity contribution in [2.45, 2.75) is 0 Å². The van der Waals surface area contributed by atoms with E-state index in [1.165, 1.54) is 0 Å². The van der Waals surface area contributed by atoms with E-state index in [2.05, 4.69) is 0 Å². The molecule has 0 aromatic heterocycles. The molecule has 0 aromatic carbocycles. The molecule has 0 aliphatic heterocycles. The monoisotopic (exact) mass is 188 g/mol. The molecule has 0 aliphatic carbocycles. The molecule has 0 saturated carbocycles. The molecule has 0 amide bonds. The first-order valence-electron chi connectivity index (χ1n) is 0. The van der Waals surface area contributed by atoms with Crippen LogP contribution in [0.25, 0.3) is 0 Å². The van der Waals surface area contributed by atoms with Gasteiger partial charge in [-0.2, -0.15) is 0 Å². The van der Waals surface area contributed by atoms with Gasteiger partial charge < -0.3 is 0 Å². The van der Waals surface area contributed by atoms with Crippen molar-refractivity contribution in [2.75, 3.05) is 0 Å². The summed E-state index contributed by atoms with van der Waals surface area (Å²) in [5, 5.41) is 0. The van der Waals surface area contributed by atoms with Gasteiger partial charge in [0.2, 0.25) is 0 Å². The first-order valence-corrected chi connectivity index (χ1v) is 0. The zero-order valence-electron chi connectivity index (χ0n) is 0.354. The molecule has 0 bridgehead atoms. The second-order valence-corrected chi connectivity index (χ2v) is 0. The summed E-state index contributed by atoms with van der Waals surface area (Å²) < 4.78 is 0. The first-order chi connectivity index (χ1) is 0. The first kappa shape index (κ1) is 32.0. The fraction of sp³-hybridized carbons (Fsp3) is 0. The molecule has 0 aliphatic rings. The van der Waals surface area contributed by atoms with E-state index in [0.29, 0.717) is 0 Å². The SMILES string of the molecule is [CaH2].[Fe].[KH].[MgH2].[NaH]. The molecule has 0 heterocycles. The molecule has 0 unspecified atom stereocenters. The minimum absolute atomic E-state index is 0. The van der Waals surface area contributed by atoms with Crippen LogP contribution >= 0.6 is 0 Å². The average molecular weight is 188 g/mol. The Kier molecular flexibility index (Phi) is 146. The van der Waals surface area contributed by atoms with Gasteiger partial charge in [0, 0.05) is 17.1 Å². The van der Waals surface area contributed by atoms with Crippen LogP contribution in [0.1, 0.15) is 0 Å². The summed E-state index contributed by atoms with van der Waals surface area (Å²) in [5.74, 6) is 0. The molecule has 0 spiro atoms. The number of hydrogen-bond acceptors (Lipinski definition) is 0. The average Bonchev–Trinajstić information content (AvgIpc) is 0. The van der Waals surface area contributed by atoms with E-state index in [4.69, 9.17) is 0 Å². The normalized spacial score (nSPS) is 0. The Morgan fingerprint density at radius 3 is 1.00 bits per heavy atom. The summed E-state index contributed by atoms with van der Waals surface area (Å²) in [5.41, 5.74) is 0. The van der Waals surface area contributed by atoms with Gasteiger partial charge in [-0.05, 0) is 0 Å². The second kappa shape index (κ2) is 22.9. The summed E-state index contributed by atoms with van der Waals surface area (Å²) >= 11 is 0. The maximum absolute atomic E-state index is 0. The van der Waals surface area contributed by atoms with Crippen LogP contribution in [0.15, 0.2) is 0 Å². The molecule has 0 N–H and O–H groups in total. The topological polar surface area (TPSA) is 0 Å². The third kappa shape index (κ3) is 17.6. The molecule has 0 radical (unpaired) electrons. The summed E-state index contributed by atoms with van der Waals surface area (Å²) in [4.78, 5) is 0. The van der Waals surface area contributed by atoms with Crippen molar-refractivity contribution in [1.29, 1.82) is 0 Å². The maximum atomic E-state index is 0. The van der Waals surface area contributed by atoms with Gasteiger partial charge in [-0.1, -0.05) is 0 Å². The van der Waals surface area contributed by atoms with Gasteiger partial charge in [-0.15, -0.1) is 0 Å². The molecule has 20 valence electrons. The zero-order chi connectivity index (χ0) is 0. The van der Waals surface area contributed by atoms with Crippen LogP contribution in [0.2, 0.25) is 0 Å². The third-order valence-electron chi connectivity index (χ3n) is 0. The molecular weight excluding hydrogens is 182 g/mol. The van der Waals surface area contributed by atoms with Gasteiger partial charge in [-0.3, -0.25) is 0 Å². The second-order valence-electron chi connectivity index (χ2n) is 0. The molecule has 0 atom stereocenters. The third-order valence-corrected chi connectivity index (χ3v) is 0. The van der Waals surface area contributed by atoms with Gasteiger partial charge in [0.1, 0.15) is 0 Å². The summed E-state index contributed by atoms with van der Waals surface area (Å²) in [6.07, 6.45) is 0. The van der Waals surface area contributed by atoms with E-state index in [1.807, 2.05) is 0 Å². The summed E-state index contributed by atoms with van der Waals surface area (Å²) in [7, 11) is 0. The van der Waals surface area contributed by atoms with E-state index in [1.54, 1.807) is 0 Å².